The molecule has 2 N–H and O–H groups in total. The summed E-state index contributed by atoms with van der Waals surface area (Å²) in [6.45, 7) is -0.426. The highest BCUT2D eigenvalue weighted by molar-refractivity contribution is 5.52. The van der Waals surface area contributed by atoms with Gasteiger partial charge in [0, 0.05) is 0 Å². The Morgan fingerprint density at radius 1 is 1.19 bits per heavy atom. The molecule has 1 aromatic carbocycles. The predicted octanol–water partition coefficient (Wildman–Crippen LogP) is 0.188. The monoisotopic (exact) mass is 226 g/mol. The van der Waals surface area contributed by atoms with Crippen molar-refractivity contribution in [3.63, 3.8) is 0 Å². The average molecular weight is 226 g/mol. The second-order valence-electron chi connectivity index (χ2n) is 3.47. The van der Waals surface area contributed by atoms with E-state index in [9.17, 15) is 0 Å². The van der Waals surface area contributed by atoms with Crippen LogP contribution in [0, 0.1) is 0 Å². The maximum absolute atomic E-state index is 9.12. The van der Waals surface area contributed by atoms with E-state index in [1.54, 1.807) is 18.2 Å². The highest BCUT2D eigenvalue weighted by Crippen LogP contribution is 2.41. The summed E-state index contributed by atoms with van der Waals surface area (Å²) in [5.74, 6) is 1.53. The number of hydrogen-bond donors (Lipinski definition) is 2. The van der Waals surface area contributed by atoms with Gasteiger partial charge in [0.25, 0.3) is 0 Å². The molecule has 0 saturated heterocycles. The molecular formula is C11H14O5. The number of hydrogen-bond acceptors (Lipinski definition) is 5. The molecule has 2 rings (SSSR count). The maximum atomic E-state index is 9.12. The summed E-state index contributed by atoms with van der Waals surface area (Å²) < 4.78 is 16.2. The van der Waals surface area contributed by atoms with Gasteiger partial charge in [0.05, 0.1) is 20.3 Å². The van der Waals surface area contributed by atoms with Crippen LogP contribution < -0.4 is 14.2 Å². The molecule has 0 fully saturated rings. The summed E-state index contributed by atoms with van der Waals surface area (Å²) in [6.07, 6.45) is -1.13. The number of para-hydroxylation sites is 1. The molecule has 0 unspecified atom stereocenters. The van der Waals surface area contributed by atoms with E-state index >= 15 is 0 Å². The fourth-order valence-corrected chi connectivity index (χ4v) is 1.64. The Balaban J connectivity index is 2.34. The van der Waals surface area contributed by atoms with Crippen LogP contribution >= 0.6 is 0 Å². The van der Waals surface area contributed by atoms with Gasteiger partial charge < -0.3 is 24.4 Å². The number of aliphatic hydroxyl groups is 2. The van der Waals surface area contributed by atoms with Crippen LogP contribution in [0.4, 0.5) is 0 Å². The number of aliphatic hydroxyl groups excluding tert-OH is 2. The van der Waals surface area contributed by atoms with Crippen molar-refractivity contribution >= 4 is 0 Å². The third-order valence-electron chi connectivity index (χ3n) is 2.48. The number of benzene rings is 1. The Morgan fingerprint density at radius 2 is 1.88 bits per heavy atom. The molecule has 0 amide bonds. The summed E-state index contributed by atoms with van der Waals surface area (Å²) in [5.41, 5.74) is 0. The molecule has 5 heteroatoms. The molecule has 1 heterocycles. The van der Waals surface area contributed by atoms with Crippen molar-refractivity contribution in [3.05, 3.63) is 18.2 Å². The number of ether oxygens (including phenoxy) is 3. The fourth-order valence-electron chi connectivity index (χ4n) is 1.64. The van der Waals surface area contributed by atoms with E-state index < -0.39 is 12.2 Å². The predicted molar refractivity (Wildman–Crippen MR) is 56.0 cm³/mol. The first-order valence-electron chi connectivity index (χ1n) is 5.02. The van der Waals surface area contributed by atoms with Crippen molar-refractivity contribution in [2.45, 2.75) is 12.2 Å². The molecule has 0 aliphatic carbocycles. The van der Waals surface area contributed by atoms with Gasteiger partial charge in [-0.1, -0.05) is 6.07 Å². The van der Waals surface area contributed by atoms with Crippen LogP contribution in [0.1, 0.15) is 0 Å². The summed E-state index contributed by atoms with van der Waals surface area (Å²) in [5, 5.41) is 18.2. The first-order valence-corrected chi connectivity index (χ1v) is 5.02. The molecule has 0 bridgehead atoms. The lowest BCUT2D eigenvalue weighted by Gasteiger charge is -2.32. The van der Waals surface area contributed by atoms with Gasteiger partial charge in [-0.05, 0) is 12.1 Å². The summed E-state index contributed by atoms with van der Waals surface area (Å²) in [4.78, 5) is 0. The topological polar surface area (TPSA) is 68.2 Å². The zero-order chi connectivity index (χ0) is 11.5. The standard InChI is InChI=1S/C11H14O5/c1-14-7-3-2-4-8-11(7)16-10(6-13)9(5-12)15-8/h2-4,9-10,12-13H,5-6H2,1H3/t9-,10-/m1/s1. The molecule has 88 valence electrons. The van der Waals surface area contributed by atoms with Crippen molar-refractivity contribution in [1.29, 1.82) is 0 Å². The zero-order valence-corrected chi connectivity index (χ0v) is 8.92. The molecule has 5 nitrogen and oxygen atoms in total. The first-order chi connectivity index (χ1) is 7.80. The van der Waals surface area contributed by atoms with Gasteiger partial charge >= 0.3 is 0 Å². The van der Waals surface area contributed by atoms with E-state index in [2.05, 4.69) is 0 Å². The van der Waals surface area contributed by atoms with E-state index in [1.807, 2.05) is 0 Å². The Morgan fingerprint density at radius 3 is 2.50 bits per heavy atom. The van der Waals surface area contributed by atoms with Gasteiger partial charge in [-0.3, -0.25) is 0 Å². The van der Waals surface area contributed by atoms with Gasteiger partial charge in [0.15, 0.2) is 23.7 Å². The zero-order valence-electron chi connectivity index (χ0n) is 8.92. The Bertz CT molecular complexity index is 365. The molecule has 1 aliphatic heterocycles. The van der Waals surface area contributed by atoms with Crippen LogP contribution in [0.2, 0.25) is 0 Å². The van der Waals surface area contributed by atoms with E-state index in [4.69, 9.17) is 24.4 Å². The minimum Gasteiger partial charge on any atom is -0.493 e. The quantitative estimate of drug-likeness (QED) is 0.770. The lowest BCUT2D eigenvalue weighted by atomic mass is 10.1. The third-order valence-corrected chi connectivity index (χ3v) is 2.48. The van der Waals surface area contributed by atoms with Crippen molar-refractivity contribution in [2.24, 2.45) is 0 Å². The Hall–Kier alpha value is -1.46. The van der Waals surface area contributed by atoms with Crippen LogP contribution in [0.25, 0.3) is 0 Å². The summed E-state index contributed by atoms with van der Waals surface area (Å²) in [7, 11) is 1.53. The van der Waals surface area contributed by atoms with Gasteiger partial charge in [-0.15, -0.1) is 0 Å². The smallest absolute Gasteiger partial charge is 0.204 e. The molecule has 0 aromatic heterocycles. The van der Waals surface area contributed by atoms with Crippen LogP contribution in [0.15, 0.2) is 18.2 Å². The molecule has 1 aromatic rings. The van der Waals surface area contributed by atoms with Crippen LogP contribution in [-0.4, -0.2) is 42.7 Å². The van der Waals surface area contributed by atoms with Gasteiger partial charge in [0.1, 0.15) is 0 Å². The third kappa shape index (κ3) is 1.79. The average Bonchev–Trinajstić information content (AvgIpc) is 2.36. The number of rotatable bonds is 3. The summed E-state index contributed by atoms with van der Waals surface area (Å²) in [6, 6.07) is 5.25. The van der Waals surface area contributed by atoms with Gasteiger partial charge in [-0.2, -0.15) is 0 Å². The van der Waals surface area contributed by atoms with Crippen LogP contribution in [0.3, 0.4) is 0 Å². The van der Waals surface area contributed by atoms with Crippen molar-refractivity contribution in [2.75, 3.05) is 20.3 Å². The molecule has 1 aliphatic rings. The fraction of sp³-hybridized carbons (Fsp3) is 0.455. The first kappa shape index (κ1) is 11.0. The highest BCUT2D eigenvalue weighted by atomic mass is 16.6. The van der Waals surface area contributed by atoms with Crippen LogP contribution in [0.5, 0.6) is 17.2 Å². The lowest BCUT2D eigenvalue weighted by Crippen LogP contribution is -2.44. The van der Waals surface area contributed by atoms with E-state index in [0.717, 1.165) is 0 Å². The minimum atomic E-state index is -0.575. The number of methoxy groups -OCH3 is 1. The van der Waals surface area contributed by atoms with Crippen molar-refractivity contribution in [1.82, 2.24) is 0 Å². The highest BCUT2D eigenvalue weighted by Gasteiger charge is 2.32. The lowest BCUT2D eigenvalue weighted by molar-refractivity contribution is -0.0364. The second kappa shape index (κ2) is 4.59. The molecule has 0 saturated carbocycles. The minimum absolute atomic E-state index is 0.206. The SMILES string of the molecule is COc1cccc2c1O[C@H](CO)[C@@H](CO)O2. The van der Waals surface area contributed by atoms with Gasteiger partial charge in [0.2, 0.25) is 5.75 Å². The normalized spacial score (nSPS) is 22.9. The molecule has 16 heavy (non-hydrogen) atoms. The van der Waals surface area contributed by atoms with Crippen LogP contribution in [-0.2, 0) is 0 Å². The largest absolute Gasteiger partial charge is 0.493 e. The second-order valence-corrected chi connectivity index (χ2v) is 3.47. The molecule has 0 spiro atoms. The molecule has 0 radical (unpaired) electrons. The van der Waals surface area contributed by atoms with Gasteiger partial charge in [-0.25, -0.2) is 0 Å². The van der Waals surface area contributed by atoms with Crippen molar-refractivity contribution in [3.8, 4) is 17.2 Å². The van der Waals surface area contributed by atoms with E-state index in [1.165, 1.54) is 7.11 Å². The van der Waals surface area contributed by atoms with E-state index in [-0.39, 0.29) is 13.2 Å². The summed E-state index contributed by atoms with van der Waals surface area (Å²) >= 11 is 0. The molecule has 2 atom stereocenters. The maximum Gasteiger partial charge on any atom is 0.204 e. The molecular weight excluding hydrogens is 212 g/mol. The Kier molecular flexibility index (Phi) is 3.17. The number of fused-ring (bicyclic) bond motifs is 1. The Labute approximate surface area is 93.2 Å². The van der Waals surface area contributed by atoms with Crippen molar-refractivity contribution < 1.29 is 24.4 Å². The van der Waals surface area contributed by atoms with E-state index in [0.29, 0.717) is 17.2 Å².